The number of halogens is 1. The molecule has 0 aliphatic heterocycles. The monoisotopic (exact) mass is 266 g/mol. The summed E-state index contributed by atoms with van der Waals surface area (Å²) in [6.45, 7) is 2.60. The Morgan fingerprint density at radius 2 is 2.33 bits per heavy atom. The molecule has 4 nitrogen and oxygen atoms in total. The minimum Gasteiger partial charge on any atom is -0.382 e. The molecule has 0 spiro atoms. The zero-order valence-corrected chi connectivity index (χ0v) is 9.90. The van der Waals surface area contributed by atoms with Gasteiger partial charge in [-0.05, 0) is 35.0 Å². The summed E-state index contributed by atoms with van der Waals surface area (Å²) in [5, 5.41) is 4.18. The molecule has 2 aromatic rings. The Kier molecular flexibility index (Phi) is 2.73. The molecule has 0 atom stereocenters. The van der Waals surface area contributed by atoms with Gasteiger partial charge >= 0.3 is 0 Å². The number of rotatable bonds is 2. The molecule has 2 rings (SSSR count). The highest BCUT2D eigenvalue weighted by Gasteiger charge is 2.05. The molecule has 0 saturated carbocycles. The normalized spacial score (nSPS) is 10.5. The van der Waals surface area contributed by atoms with Crippen molar-refractivity contribution in [2.45, 2.75) is 13.5 Å². The number of nitrogen functional groups attached to an aromatic ring is 1. The Balaban J connectivity index is 2.29. The van der Waals surface area contributed by atoms with Crippen molar-refractivity contribution in [2.24, 2.45) is 0 Å². The summed E-state index contributed by atoms with van der Waals surface area (Å²) in [4.78, 5) is 4.28. The van der Waals surface area contributed by atoms with Crippen LogP contribution in [0.5, 0.6) is 0 Å². The predicted molar refractivity (Wildman–Crippen MR) is 62.4 cm³/mol. The second kappa shape index (κ2) is 4.02. The second-order valence-electron chi connectivity index (χ2n) is 3.30. The zero-order valence-electron chi connectivity index (χ0n) is 8.31. The van der Waals surface area contributed by atoms with Gasteiger partial charge in [0.25, 0.3) is 0 Å². The van der Waals surface area contributed by atoms with Crippen LogP contribution in [0.2, 0.25) is 0 Å². The predicted octanol–water partition coefficient (Wildman–Crippen LogP) is 1.98. The number of anilines is 1. The fourth-order valence-electron chi connectivity index (χ4n) is 1.37. The first-order valence-electron chi connectivity index (χ1n) is 4.56. The third-order valence-corrected chi connectivity index (χ3v) is 2.86. The van der Waals surface area contributed by atoms with Crippen molar-refractivity contribution in [1.29, 1.82) is 0 Å². The molecule has 0 amide bonds. The van der Waals surface area contributed by atoms with E-state index in [1.54, 1.807) is 6.20 Å². The van der Waals surface area contributed by atoms with Crippen molar-refractivity contribution >= 4 is 21.7 Å². The number of pyridine rings is 1. The minimum atomic E-state index is 0.541. The van der Waals surface area contributed by atoms with Crippen LogP contribution >= 0.6 is 15.9 Å². The number of nitrogens with two attached hydrogens (primary N) is 1. The van der Waals surface area contributed by atoms with Crippen LogP contribution < -0.4 is 5.73 Å². The molecule has 0 bridgehead atoms. The van der Waals surface area contributed by atoms with E-state index < -0.39 is 0 Å². The number of aryl methyl sites for hydroxylation is 1. The summed E-state index contributed by atoms with van der Waals surface area (Å²) < 4.78 is 2.82. The minimum absolute atomic E-state index is 0.541. The van der Waals surface area contributed by atoms with Gasteiger partial charge in [-0.1, -0.05) is 0 Å². The van der Waals surface area contributed by atoms with Crippen LogP contribution in [0.4, 0.5) is 5.82 Å². The maximum Gasteiger partial charge on any atom is 0.145 e. The molecule has 0 radical (unpaired) electrons. The number of hydrogen-bond donors (Lipinski definition) is 1. The van der Waals surface area contributed by atoms with Crippen LogP contribution in [0.25, 0.3) is 0 Å². The van der Waals surface area contributed by atoms with Gasteiger partial charge in [-0.2, -0.15) is 5.10 Å². The third-order valence-electron chi connectivity index (χ3n) is 2.13. The lowest BCUT2D eigenvalue weighted by Gasteiger charge is -2.05. The molecule has 15 heavy (non-hydrogen) atoms. The van der Waals surface area contributed by atoms with E-state index in [0.717, 1.165) is 15.9 Å². The zero-order chi connectivity index (χ0) is 10.8. The molecule has 2 aromatic heterocycles. The summed E-state index contributed by atoms with van der Waals surface area (Å²) >= 11 is 3.45. The fraction of sp³-hybridized carbons (Fsp3) is 0.200. The van der Waals surface area contributed by atoms with Gasteiger partial charge in [0.15, 0.2) is 0 Å². The van der Waals surface area contributed by atoms with Crippen molar-refractivity contribution in [3.63, 3.8) is 0 Å². The molecule has 0 saturated heterocycles. The van der Waals surface area contributed by atoms with Crippen molar-refractivity contribution < 1.29 is 0 Å². The Morgan fingerprint density at radius 3 is 2.93 bits per heavy atom. The van der Waals surface area contributed by atoms with Gasteiger partial charge < -0.3 is 5.73 Å². The van der Waals surface area contributed by atoms with E-state index >= 15 is 0 Å². The van der Waals surface area contributed by atoms with Crippen LogP contribution in [0.15, 0.2) is 28.9 Å². The van der Waals surface area contributed by atoms with E-state index in [1.165, 1.54) is 0 Å². The smallest absolute Gasteiger partial charge is 0.145 e. The van der Waals surface area contributed by atoms with Crippen LogP contribution in [0.3, 0.4) is 0 Å². The Hall–Kier alpha value is -1.36. The summed E-state index contributed by atoms with van der Waals surface area (Å²) in [6.07, 6.45) is 1.77. The summed E-state index contributed by atoms with van der Waals surface area (Å²) in [7, 11) is 0. The molecule has 0 aromatic carbocycles. The highest BCUT2D eigenvalue weighted by molar-refractivity contribution is 9.10. The lowest BCUT2D eigenvalue weighted by Crippen LogP contribution is -2.06. The number of nitrogens with zero attached hydrogens (tertiary/aromatic N) is 3. The molecule has 78 valence electrons. The molecule has 2 N–H and O–H groups in total. The average Bonchev–Trinajstić information content (AvgIpc) is 2.49. The Labute approximate surface area is 96.3 Å². The molecular formula is C10H11BrN4. The van der Waals surface area contributed by atoms with Crippen molar-refractivity contribution in [3.05, 3.63) is 40.3 Å². The van der Waals surface area contributed by atoms with Crippen molar-refractivity contribution in [3.8, 4) is 0 Å². The fourth-order valence-corrected chi connectivity index (χ4v) is 1.75. The van der Waals surface area contributed by atoms with Crippen LogP contribution in [0, 0.1) is 6.92 Å². The number of aromatic nitrogens is 3. The quantitative estimate of drug-likeness (QED) is 0.905. The summed E-state index contributed by atoms with van der Waals surface area (Å²) in [5.41, 5.74) is 7.59. The lowest BCUT2D eigenvalue weighted by atomic mass is 10.3. The van der Waals surface area contributed by atoms with E-state index in [2.05, 4.69) is 26.0 Å². The van der Waals surface area contributed by atoms with Gasteiger partial charge in [-0.25, -0.2) is 0 Å². The number of hydrogen-bond acceptors (Lipinski definition) is 3. The van der Waals surface area contributed by atoms with Gasteiger partial charge in [0.05, 0.1) is 12.2 Å². The van der Waals surface area contributed by atoms with E-state index in [9.17, 15) is 0 Å². The van der Waals surface area contributed by atoms with Crippen LogP contribution in [-0.2, 0) is 6.54 Å². The molecule has 0 unspecified atom stereocenters. The average molecular weight is 267 g/mol. The van der Waals surface area contributed by atoms with Crippen molar-refractivity contribution in [2.75, 3.05) is 5.73 Å². The molecule has 2 heterocycles. The Bertz CT molecular complexity index is 478. The first-order chi connectivity index (χ1) is 7.16. The van der Waals surface area contributed by atoms with Crippen molar-refractivity contribution in [1.82, 2.24) is 14.8 Å². The Morgan fingerprint density at radius 1 is 1.53 bits per heavy atom. The van der Waals surface area contributed by atoms with E-state index in [4.69, 9.17) is 5.73 Å². The van der Waals surface area contributed by atoms with Gasteiger partial charge in [0, 0.05) is 22.4 Å². The van der Waals surface area contributed by atoms with E-state index in [-0.39, 0.29) is 0 Å². The molecule has 0 aliphatic rings. The summed E-state index contributed by atoms with van der Waals surface area (Å²) in [5.74, 6) is 0.541. The standard InChI is InChI=1S/C10H11BrN4/c1-7-5-10(12)14-15(7)6-9-8(11)3-2-4-13-9/h2-5H,6H2,1H3,(H2,12,14). The van der Waals surface area contributed by atoms with Gasteiger partial charge in [0.1, 0.15) is 5.82 Å². The first kappa shape index (κ1) is 10.2. The maximum absolute atomic E-state index is 5.61. The van der Waals surface area contributed by atoms with E-state index in [0.29, 0.717) is 12.4 Å². The van der Waals surface area contributed by atoms with E-state index in [1.807, 2.05) is 29.8 Å². The third kappa shape index (κ3) is 2.18. The highest BCUT2D eigenvalue weighted by Crippen LogP contribution is 2.15. The van der Waals surface area contributed by atoms with Crippen LogP contribution in [-0.4, -0.2) is 14.8 Å². The van der Waals surface area contributed by atoms with Gasteiger partial charge in [-0.15, -0.1) is 0 Å². The molecule has 0 fully saturated rings. The first-order valence-corrected chi connectivity index (χ1v) is 5.35. The van der Waals surface area contributed by atoms with Crippen LogP contribution in [0.1, 0.15) is 11.4 Å². The maximum atomic E-state index is 5.61. The van der Waals surface area contributed by atoms with Gasteiger partial charge in [-0.3, -0.25) is 9.67 Å². The van der Waals surface area contributed by atoms with Gasteiger partial charge in [0.2, 0.25) is 0 Å². The topological polar surface area (TPSA) is 56.7 Å². The molecular weight excluding hydrogens is 256 g/mol. The summed E-state index contributed by atoms with van der Waals surface area (Å²) in [6, 6.07) is 5.69. The highest BCUT2D eigenvalue weighted by atomic mass is 79.9. The largest absolute Gasteiger partial charge is 0.382 e. The molecule has 0 aliphatic carbocycles. The SMILES string of the molecule is Cc1cc(N)nn1Cc1ncccc1Br. The second-order valence-corrected chi connectivity index (χ2v) is 4.15. The lowest BCUT2D eigenvalue weighted by molar-refractivity contribution is 0.653. The molecule has 5 heteroatoms.